The predicted octanol–water partition coefficient (Wildman–Crippen LogP) is 2.40. The van der Waals surface area contributed by atoms with Crippen LogP contribution < -0.4 is 5.32 Å². The molecule has 0 aliphatic heterocycles. The topological polar surface area (TPSA) is 73.2 Å². The molecule has 2 rings (SSSR count). The molecular weight excluding hydrogens is 318 g/mol. The molecule has 0 bridgehead atoms. The van der Waals surface area contributed by atoms with Gasteiger partial charge in [0.2, 0.25) is 5.91 Å². The average molecular weight is 336 g/mol. The van der Waals surface area contributed by atoms with Crippen LogP contribution in [0.1, 0.15) is 25.1 Å². The number of aromatic nitrogens is 2. The number of aryl methyl sites for hydroxylation is 1. The highest BCUT2D eigenvalue weighted by Gasteiger charge is 2.19. The van der Waals surface area contributed by atoms with Crippen molar-refractivity contribution in [2.24, 2.45) is 0 Å². The third-order valence-corrected chi connectivity index (χ3v) is 3.64. The zero-order chi connectivity index (χ0) is 17.0. The first-order valence-corrected chi connectivity index (χ1v) is 7.51. The van der Waals surface area contributed by atoms with Crippen molar-refractivity contribution < 1.29 is 14.3 Å². The third kappa shape index (κ3) is 4.10. The lowest BCUT2D eigenvalue weighted by Crippen LogP contribution is -2.38. The molecule has 1 atom stereocenters. The fraction of sp³-hybridized carbons (Fsp3) is 0.312. The standard InChI is InChI=1S/C16H18ClN3O3/c1-10-14(9-23-16(22)11(2)18-12(3)21)15(17)20(19-10)13-7-5-4-6-8-13/h4-8,11H,9H2,1-3H3,(H,18,21). The van der Waals surface area contributed by atoms with Gasteiger partial charge in [0.25, 0.3) is 0 Å². The van der Waals surface area contributed by atoms with Gasteiger partial charge in [0.15, 0.2) is 0 Å². The number of carbonyl (C=O) groups excluding carboxylic acids is 2. The summed E-state index contributed by atoms with van der Waals surface area (Å²) in [5, 5.41) is 7.24. The molecule has 0 fully saturated rings. The van der Waals surface area contributed by atoms with Crippen molar-refractivity contribution in [3.05, 3.63) is 46.7 Å². The second-order valence-electron chi connectivity index (χ2n) is 5.13. The van der Waals surface area contributed by atoms with Crippen LogP contribution in [0.3, 0.4) is 0 Å². The van der Waals surface area contributed by atoms with Crippen LogP contribution in [-0.2, 0) is 20.9 Å². The lowest BCUT2D eigenvalue weighted by molar-refractivity contribution is -0.148. The van der Waals surface area contributed by atoms with Crippen LogP contribution in [-0.4, -0.2) is 27.7 Å². The van der Waals surface area contributed by atoms with Crippen LogP contribution in [0.25, 0.3) is 5.69 Å². The Morgan fingerprint density at radius 3 is 2.61 bits per heavy atom. The highest BCUT2D eigenvalue weighted by Crippen LogP contribution is 2.24. The van der Waals surface area contributed by atoms with E-state index >= 15 is 0 Å². The van der Waals surface area contributed by atoms with Gasteiger partial charge in [-0.25, -0.2) is 9.48 Å². The molecule has 0 aliphatic rings. The molecule has 23 heavy (non-hydrogen) atoms. The Morgan fingerprint density at radius 1 is 1.35 bits per heavy atom. The van der Waals surface area contributed by atoms with Crippen LogP contribution in [0, 0.1) is 6.92 Å². The molecule has 1 amide bonds. The van der Waals surface area contributed by atoms with Gasteiger partial charge >= 0.3 is 5.97 Å². The van der Waals surface area contributed by atoms with E-state index in [-0.39, 0.29) is 12.5 Å². The van der Waals surface area contributed by atoms with Crippen molar-refractivity contribution >= 4 is 23.5 Å². The van der Waals surface area contributed by atoms with E-state index in [0.717, 1.165) is 5.69 Å². The van der Waals surface area contributed by atoms with Crippen LogP contribution in [0.2, 0.25) is 5.15 Å². The van der Waals surface area contributed by atoms with E-state index in [1.807, 2.05) is 30.3 Å². The molecule has 122 valence electrons. The number of hydrogen-bond donors (Lipinski definition) is 1. The van der Waals surface area contributed by atoms with Crippen LogP contribution in [0.4, 0.5) is 0 Å². The summed E-state index contributed by atoms with van der Waals surface area (Å²) in [6.45, 7) is 4.70. The number of halogens is 1. The van der Waals surface area contributed by atoms with E-state index in [1.54, 1.807) is 18.5 Å². The van der Waals surface area contributed by atoms with Gasteiger partial charge in [0, 0.05) is 12.5 Å². The average Bonchev–Trinajstić information content (AvgIpc) is 2.80. The number of nitrogens with one attached hydrogen (secondary N) is 1. The van der Waals surface area contributed by atoms with Gasteiger partial charge in [-0.05, 0) is 26.0 Å². The Labute approximate surface area is 139 Å². The second-order valence-corrected chi connectivity index (χ2v) is 5.49. The Hall–Kier alpha value is -2.34. The van der Waals surface area contributed by atoms with E-state index in [0.29, 0.717) is 16.4 Å². The number of esters is 1. The number of amides is 1. The molecule has 6 nitrogen and oxygen atoms in total. The number of rotatable bonds is 5. The molecule has 0 spiro atoms. The van der Waals surface area contributed by atoms with Crippen molar-refractivity contribution in [2.75, 3.05) is 0 Å². The summed E-state index contributed by atoms with van der Waals surface area (Å²) in [7, 11) is 0. The molecular formula is C16H18ClN3O3. The van der Waals surface area contributed by atoms with Gasteiger partial charge in [-0.15, -0.1) is 0 Å². The fourth-order valence-electron chi connectivity index (χ4n) is 2.07. The summed E-state index contributed by atoms with van der Waals surface area (Å²) in [4.78, 5) is 22.8. The Morgan fingerprint density at radius 2 is 2.00 bits per heavy atom. The number of nitrogens with zero attached hydrogens (tertiary/aromatic N) is 2. The van der Waals surface area contributed by atoms with Gasteiger partial charge in [0.1, 0.15) is 17.8 Å². The molecule has 2 aromatic rings. The number of para-hydroxylation sites is 1. The van der Waals surface area contributed by atoms with Gasteiger partial charge in [-0.3, -0.25) is 4.79 Å². The van der Waals surface area contributed by atoms with Gasteiger partial charge in [-0.1, -0.05) is 29.8 Å². The molecule has 0 saturated carbocycles. The molecule has 1 aromatic heterocycles. The van der Waals surface area contributed by atoms with E-state index in [9.17, 15) is 9.59 Å². The van der Waals surface area contributed by atoms with Crippen LogP contribution in [0.15, 0.2) is 30.3 Å². The molecule has 1 unspecified atom stereocenters. The first kappa shape index (κ1) is 17.0. The zero-order valence-electron chi connectivity index (χ0n) is 13.2. The van der Waals surface area contributed by atoms with E-state index in [4.69, 9.17) is 16.3 Å². The van der Waals surface area contributed by atoms with Crippen molar-refractivity contribution in [2.45, 2.75) is 33.4 Å². The summed E-state index contributed by atoms with van der Waals surface area (Å²) in [5.74, 6) is -0.816. The van der Waals surface area contributed by atoms with Crippen LogP contribution >= 0.6 is 11.6 Å². The van der Waals surface area contributed by atoms with Crippen molar-refractivity contribution in [3.8, 4) is 5.69 Å². The fourth-order valence-corrected chi connectivity index (χ4v) is 2.39. The number of ether oxygens (including phenoxy) is 1. The van der Waals surface area contributed by atoms with Crippen molar-refractivity contribution in [3.63, 3.8) is 0 Å². The maximum Gasteiger partial charge on any atom is 0.328 e. The first-order valence-electron chi connectivity index (χ1n) is 7.13. The summed E-state index contributed by atoms with van der Waals surface area (Å²) in [6.07, 6.45) is 0. The third-order valence-electron chi connectivity index (χ3n) is 3.25. The first-order chi connectivity index (χ1) is 10.9. The number of carbonyl (C=O) groups is 2. The van der Waals surface area contributed by atoms with Crippen LogP contribution in [0.5, 0.6) is 0 Å². The number of benzene rings is 1. The summed E-state index contributed by atoms with van der Waals surface area (Å²) < 4.78 is 6.80. The lowest BCUT2D eigenvalue weighted by atomic mass is 10.3. The minimum absolute atomic E-state index is 0.000256. The minimum Gasteiger partial charge on any atom is -0.459 e. The molecule has 0 radical (unpaired) electrons. The van der Waals surface area contributed by atoms with Gasteiger partial charge in [-0.2, -0.15) is 5.10 Å². The van der Waals surface area contributed by atoms with E-state index in [1.165, 1.54) is 6.92 Å². The zero-order valence-corrected chi connectivity index (χ0v) is 13.9. The Balaban J connectivity index is 2.11. The number of hydrogen-bond acceptors (Lipinski definition) is 4. The molecule has 1 aromatic carbocycles. The summed E-state index contributed by atoms with van der Waals surface area (Å²) >= 11 is 6.35. The monoisotopic (exact) mass is 335 g/mol. The molecule has 7 heteroatoms. The normalized spacial score (nSPS) is 11.8. The Kier molecular flexibility index (Phi) is 5.39. The largest absolute Gasteiger partial charge is 0.459 e. The maximum atomic E-state index is 11.8. The van der Waals surface area contributed by atoms with E-state index in [2.05, 4.69) is 10.4 Å². The second kappa shape index (κ2) is 7.28. The Bertz CT molecular complexity index is 713. The van der Waals surface area contributed by atoms with Gasteiger partial charge < -0.3 is 10.1 Å². The van der Waals surface area contributed by atoms with Crippen molar-refractivity contribution in [1.82, 2.24) is 15.1 Å². The molecule has 1 heterocycles. The lowest BCUT2D eigenvalue weighted by Gasteiger charge is -2.12. The predicted molar refractivity (Wildman–Crippen MR) is 86.4 cm³/mol. The van der Waals surface area contributed by atoms with E-state index < -0.39 is 12.0 Å². The highest BCUT2D eigenvalue weighted by molar-refractivity contribution is 6.30. The summed E-state index contributed by atoms with van der Waals surface area (Å²) in [6, 6.07) is 8.73. The molecule has 0 aliphatic carbocycles. The smallest absolute Gasteiger partial charge is 0.328 e. The molecule has 0 saturated heterocycles. The highest BCUT2D eigenvalue weighted by atomic mass is 35.5. The maximum absolute atomic E-state index is 11.8. The van der Waals surface area contributed by atoms with Crippen molar-refractivity contribution in [1.29, 1.82) is 0 Å². The quantitative estimate of drug-likeness (QED) is 0.851. The minimum atomic E-state index is -0.712. The SMILES string of the molecule is CC(=O)NC(C)C(=O)OCc1c(C)nn(-c2ccccc2)c1Cl. The molecule has 1 N–H and O–H groups in total. The van der Waals surface area contributed by atoms with Gasteiger partial charge in [0.05, 0.1) is 11.4 Å². The summed E-state index contributed by atoms with van der Waals surface area (Å²) in [5.41, 5.74) is 2.14.